The average molecular weight is 363 g/mol. The number of nitrogens with zero attached hydrogens (tertiary/aromatic N) is 3. The Balaban J connectivity index is 1.52. The van der Waals surface area contributed by atoms with E-state index in [0.29, 0.717) is 13.1 Å². The zero-order valence-corrected chi connectivity index (χ0v) is 13.7. The molecule has 1 aliphatic rings. The van der Waals surface area contributed by atoms with Crippen LogP contribution in [0.4, 0.5) is 13.2 Å². The summed E-state index contributed by atoms with van der Waals surface area (Å²) in [5.41, 5.74) is 0.537. The highest BCUT2D eigenvalue weighted by atomic mass is 19.4. The van der Waals surface area contributed by atoms with E-state index in [4.69, 9.17) is 0 Å². The summed E-state index contributed by atoms with van der Waals surface area (Å²) in [6.45, 7) is 0.886. The Kier molecular flexibility index (Phi) is 3.93. The summed E-state index contributed by atoms with van der Waals surface area (Å²) in [6.07, 6.45) is -2.94. The van der Waals surface area contributed by atoms with Gasteiger partial charge in [-0.15, -0.1) is 0 Å². The number of carbonyl (C=O) groups excluding carboxylic acids is 1. The number of imidazole rings is 1. The van der Waals surface area contributed by atoms with Crippen molar-refractivity contribution in [2.75, 3.05) is 13.1 Å². The van der Waals surface area contributed by atoms with Gasteiger partial charge in [-0.05, 0) is 25.0 Å². The molecule has 2 N–H and O–H groups in total. The minimum absolute atomic E-state index is 0.0149. The van der Waals surface area contributed by atoms with Crippen molar-refractivity contribution in [3.05, 3.63) is 47.5 Å². The van der Waals surface area contributed by atoms with Gasteiger partial charge < -0.3 is 9.88 Å². The number of hydrogen-bond donors (Lipinski definition) is 2. The number of aromatic amines is 2. The summed E-state index contributed by atoms with van der Waals surface area (Å²) < 4.78 is 38.0. The highest BCUT2D eigenvalue weighted by Crippen LogP contribution is 2.30. The lowest BCUT2D eigenvalue weighted by Gasteiger charge is -2.31. The topological polar surface area (TPSA) is 77.7 Å². The normalized spacial score (nSPS) is 18.4. The molecule has 0 saturated carbocycles. The first kappa shape index (κ1) is 16.6. The number of carbonyl (C=O) groups is 1. The van der Waals surface area contributed by atoms with Gasteiger partial charge in [0, 0.05) is 25.1 Å². The third-order valence-electron chi connectivity index (χ3n) is 4.61. The van der Waals surface area contributed by atoms with E-state index in [0.717, 1.165) is 35.8 Å². The third kappa shape index (κ3) is 3.04. The molecular weight excluding hydrogens is 347 g/mol. The van der Waals surface area contributed by atoms with Gasteiger partial charge in [-0.2, -0.15) is 18.3 Å². The van der Waals surface area contributed by atoms with Crippen molar-refractivity contribution < 1.29 is 18.0 Å². The first-order chi connectivity index (χ1) is 12.4. The third-order valence-corrected chi connectivity index (χ3v) is 4.61. The molecular formula is C17H16F3N5O. The Labute approximate surface area is 146 Å². The van der Waals surface area contributed by atoms with Crippen molar-refractivity contribution in [1.82, 2.24) is 25.1 Å². The molecule has 0 aliphatic carbocycles. The fourth-order valence-corrected chi connectivity index (χ4v) is 3.29. The van der Waals surface area contributed by atoms with Gasteiger partial charge in [0.05, 0.1) is 11.0 Å². The van der Waals surface area contributed by atoms with Crippen LogP contribution < -0.4 is 0 Å². The van der Waals surface area contributed by atoms with Gasteiger partial charge in [0.25, 0.3) is 5.91 Å². The SMILES string of the molecule is O=C(c1cc(C(F)(F)F)[nH]n1)N1CCC[C@H](c2nc3ccccc3[nH]2)C1. The Morgan fingerprint density at radius 1 is 1.27 bits per heavy atom. The van der Waals surface area contributed by atoms with Gasteiger partial charge in [-0.1, -0.05) is 12.1 Å². The van der Waals surface area contributed by atoms with E-state index in [1.54, 1.807) is 0 Å². The number of alkyl halides is 3. The number of nitrogens with one attached hydrogen (secondary N) is 2. The molecule has 4 rings (SSSR count). The number of rotatable bonds is 2. The minimum atomic E-state index is -4.55. The number of amides is 1. The van der Waals surface area contributed by atoms with E-state index in [-0.39, 0.29) is 11.6 Å². The number of benzene rings is 1. The minimum Gasteiger partial charge on any atom is -0.342 e. The molecule has 6 nitrogen and oxygen atoms in total. The van der Waals surface area contributed by atoms with Crippen molar-refractivity contribution in [2.45, 2.75) is 24.9 Å². The second-order valence-corrected chi connectivity index (χ2v) is 6.39. The highest BCUT2D eigenvalue weighted by molar-refractivity contribution is 5.92. The number of para-hydroxylation sites is 2. The largest absolute Gasteiger partial charge is 0.432 e. The quantitative estimate of drug-likeness (QED) is 0.733. The molecule has 2 aromatic heterocycles. The number of H-pyrrole nitrogens is 2. The lowest BCUT2D eigenvalue weighted by Crippen LogP contribution is -2.39. The maximum absolute atomic E-state index is 12.7. The van der Waals surface area contributed by atoms with E-state index in [1.165, 1.54) is 4.90 Å². The second-order valence-electron chi connectivity index (χ2n) is 6.39. The van der Waals surface area contributed by atoms with Crippen molar-refractivity contribution in [2.24, 2.45) is 0 Å². The Morgan fingerprint density at radius 3 is 2.81 bits per heavy atom. The lowest BCUT2D eigenvalue weighted by atomic mass is 9.97. The zero-order valence-electron chi connectivity index (χ0n) is 13.7. The Hall–Kier alpha value is -2.84. The summed E-state index contributed by atoms with van der Waals surface area (Å²) >= 11 is 0. The van der Waals surface area contributed by atoms with E-state index >= 15 is 0 Å². The van der Waals surface area contributed by atoms with Gasteiger partial charge in [0.1, 0.15) is 11.5 Å². The number of hydrogen-bond acceptors (Lipinski definition) is 3. The Bertz CT molecular complexity index is 912. The maximum atomic E-state index is 12.7. The predicted molar refractivity (Wildman–Crippen MR) is 87.6 cm³/mol. The second kappa shape index (κ2) is 6.15. The van der Waals surface area contributed by atoms with Crippen LogP contribution in [0.15, 0.2) is 30.3 Å². The fraction of sp³-hybridized carbons (Fsp3) is 0.353. The molecule has 1 atom stereocenters. The van der Waals surface area contributed by atoms with E-state index in [2.05, 4.69) is 15.1 Å². The standard InChI is InChI=1S/C17H16F3N5O/c18-17(19,20)14-8-13(23-24-14)16(26)25-7-3-4-10(9-25)15-21-11-5-1-2-6-12(11)22-15/h1-2,5-6,8,10H,3-4,7,9H2,(H,21,22)(H,23,24)/t10-/m0/s1. The molecule has 1 fully saturated rings. The van der Waals surface area contributed by atoms with Crippen LogP contribution in [-0.4, -0.2) is 44.1 Å². The number of likely N-dealkylation sites (tertiary alicyclic amines) is 1. The smallest absolute Gasteiger partial charge is 0.342 e. The summed E-state index contributed by atoms with van der Waals surface area (Å²) in [7, 11) is 0. The van der Waals surface area contributed by atoms with Crippen molar-refractivity contribution in [3.63, 3.8) is 0 Å². The summed E-state index contributed by atoms with van der Waals surface area (Å²) in [4.78, 5) is 21.9. The summed E-state index contributed by atoms with van der Waals surface area (Å²) in [5.74, 6) is 0.306. The van der Waals surface area contributed by atoms with Gasteiger partial charge in [0.2, 0.25) is 0 Å². The molecule has 1 amide bonds. The lowest BCUT2D eigenvalue weighted by molar-refractivity contribution is -0.141. The Morgan fingerprint density at radius 2 is 2.08 bits per heavy atom. The first-order valence-corrected chi connectivity index (χ1v) is 8.28. The van der Waals surface area contributed by atoms with E-state index < -0.39 is 17.8 Å². The molecule has 1 saturated heterocycles. The molecule has 3 heterocycles. The van der Waals surface area contributed by atoms with E-state index in [1.807, 2.05) is 29.4 Å². The molecule has 9 heteroatoms. The molecule has 26 heavy (non-hydrogen) atoms. The number of fused-ring (bicyclic) bond motifs is 1. The monoisotopic (exact) mass is 363 g/mol. The molecule has 1 aliphatic heterocycles. The van der Waals surface area contributed by atoms with Crippen LogP contribution in [0.3, 0.4) is 0 Å². The van der Waals surface area contributed by atoms with Crippen molar-refractivity contribution >= 4 is 16.9 Å². The van der Waals surface area contributed by atoms with Crippen LogP contribution in [0.1, 0.15) is 40.8 Å². The van der Waals surface area contributed by atoms with Gasteiger partial charge >= 0.3 is 6.18 Å². The number of halogens is 3. The molecule has 0 bridgehead atoms. The van der Waals surface area contributed by atoms with Crippen molar-refractivity contribution in [1.29, 1.82) is 0 Å². The predicted octanol–water partition coefficient (Wildman–Crippen LogP) is 3.32. The molecule has 0 radical (unpaired) electrons. The van der Waals surface area contributed by atoms with Gasteiger partial charge in [0.15, 0.2) is 5.69 Å². The van der Waals surface area contributed by atoms with Crippen LogP contribution in [0, 0.1) is 0 Å². The van der Waals surface area contributed by atoms with Gasteiger partial charge in [-0.25, -0.2) is 4.98 Å². The van der Waals surface area contributed by atoms with E-state index in [9.17, 15) is 18.0 Å². The molecule has 136 valence electrons. The number of piperidine rings is 1. The summed E-state index contributed by atoms with van der Waals surface area (Å²) in [6, 6.07) is 8.41. The molecule has 1 aromatic carbocycles. The fourth-order valence-electron chi connectivity index (χ4n) is 3.29. The number of aromatic nitrogens is 4. The van der Waals surface area contributed by atoms with Crippen LogP contribution >= 0.6 is 0 Å². The first-order valence-electron chi connectivity index (χ1n) is 8.28. The van der Waals surface area contributed by atoms with Crippen molar-refractivity contribution in [3.8, 4) is 0 Å². The van der Waals surface area contributed by atoms with Crippen LogP contribution in [-0.2, 0) is 6.18 Å². The summed E-state index contributed by atoms with van der Waals surface area (Å²) in [5, 5.41) is 5.42. The van der Waals surface area contributed by atoms with Crippen LogP contribution in [0.5, 0.6) is 0 Å². The highest BCUT2D eigenvalue weighted by Gasteiger charge is 2.35. The average Bonchev–Trinajstić information content (AvgIpc) is 3.28. The van der Waals surface area contributed by atoms with Crippen LogP contribution in [0.25, 0.3) is 11.0 Å². The zero-order chi connectivity index (χ0) is 18.3. The molecule has 0 spiro atoms. The molecule has 3 aromatic rings. The maximum Gasteiger partial charge on any atom is 0.432 e. The van der Waals surface area contributed by atoms with Crippen LogP contribution in [0.2, 0.25) is 0 Å². The van der Waals surface area contributed by atoms with Gasteiger partial charge in [-0.3, -0.25) is 9.89 Å². The molecule has 0 unspecified atom stereocenters.